The highest BCUT2D eigenvalue weighted by atomic mass is 127. The summed E-state index contributed by atoms with van der Waals surface area (Å²) in [6.45, 7) is 7.48. The van der Waals surface area contributed by atoms with Gasteiger partial charge in [0.15, 0.2) is 0 Å². The Morgan fingerprint density at radius 2 is 2.33 bits per heavy atom. The molecule has 0 spiro atoms. The van der Waals surface area contributed by atoms with Gasteiger partial charge in [-0.05, 0) is 36.4 Å². The second-order valence-electron chi connectivity index (χ2n) is 4.34. The average molecular weight is 318 g/mol. The van der Waals surface area contributed by atoms with Crippen molar-refractivity contribution in [1.82, 2.24) is 15.3 Å². The summed E-state index contributed by atoms with van der Waals surface area (Å²) in [7, 11) is 0. The van der Waals surface area contributed by atoms with Crippen LogP contribution in [-0.4, -0.2) is 35.1 Å². The van der Waals surface area contributed by atoms with Crippen molar-refractivity contribution >= 4 is 28.4 Å². The number of piperazine rings is 1. The predicted octanol–water partition coefficient (Wildman–Crippen LogP) is 1.27. The van der Waals surface area contributed by atoms with Crippen LogP contribution in [0.25, 0.3) is 0 Å². The van der Waals surface area contributed by atoms with E-state index in [9.17, 15) is 0 Å². The van der Waals surface area contributed by atoms with Gasteiger partial charge in [-0.1, -0.05) is 0 Å². The fourth-order valence-corrected chi connectivity index (χ4v) is 2.47. The van der Waals surface area contributed by atoms with E-state index in [0.29, 0.717) is 0 Å². The largest absolute Gasteiger partial charge is 0.348 e. The van der Waals surface area contributed by atoms with Gasteiger partial charge in [0.25, 0.3) is 0 Å². The molecular weight excluding hydrogens is 303 g/mol. The number of hydrogen-bond donors (Lipinski definition) is 1. The summed E-state index contributed by atoms with van der Waals surface area (Å²) in [5, 5.41) is 3.41. The Labute approximate surface area is 104 Å². The second-order valence-corrected chi connectivity index (χ2v) is 5.50. The molecule has 2 heterocycles. The van der Waals surface area contributed by atoms with E-state index in [0.717, 1.165) is 29.0 Å². The lowest BCUT2D eigenvalue weighted by Crippen LogP contribution is -2.58. The fraction of sp³-hybridized carbons (Fsp3) is 0.600. The summed E-state index contributed by atoms with van der Waals surface area (Å²) in [5.41, 5.74) is 0.118. The van der Waals surface area contributed by atoms with Gasteiger partial charge in [0.2, 0.25) is 0 Å². The van der Waals surface area contributed by atoms with E-state index in [1.54, 1.807) is 6.33 Å². The second kappa shape index (κ2) is 4.21. The highest BCUT2D eigenvalue weighted by Gasteiger charge is 2.31. The third-order valence-electron chi connectivity index (χ3n) is 2.70. The van der Waals surface area contributed by atoms with Crippen molar-refractivity contribution in [2.24, 2.45) is 0 Å². The molecule has 5 heteroatoms. The number of halogens is 1. The van der Waals surface area contributed by atoms with Crippen LogP contribution in [0.15, 0.2) is 12.5 Å². The number of nitrogens with one attached hydrogen (secondary N) is 1. The summed E-state index contributed by atoms with van der Waals surface area (Å²) < 4.78 is 1.12. The Hall–Kier alpha value is -0.430. The van der Waals surface area contributed by atoms with Crippen molar-refractivity contribution < 1.29 is 0 Å². The maximum Gasteiger partial charge on any atom is 0.145 e. The van der Waals surface area contributed by atoms with Gasteiger partial charge in [0, 0.05) is 31.4 Å². The van der Waals surface area contributed by atoms with Crippen LogP contribution >= 0.6 is 22.6 Å². The normalized spacial score (nSPS) is 20.3. The van der Waals surface area contributed by atoms with E-state index in [1.807, 2.05) is 6.20 Å². The first-order valence-corrected chi connectivity index (χ1v) is 6.13. The molecule has 0 aromatic carbocycles. The SMILES string of the molecule is CC1(C)CNCCN1c1ncncc1I. The van der Waals surface area contributed by atoms with E-state index < -0.39 is 0 Å². The molecule has 0 amide bonds. The maximum atomic E-state index is 4.38. The van der Waals surface area contributed by atoms with E-state index in [-0.39, 0.29) is 5.54 Å². The molecule has 0 radical (unpaired) electrons. The molecule has 15 heavy (non-hydrogen) atoms. The van der Waals surface area contributed by atoms with E-state index in [2.05, 4.69) is 56.6 Å². The first-order valence-electron chi connectivity index (χ1n) is 5.05. The van der Waals surface area contributed by atoms with Crippen LogP contribution in [-0.2, 0) is 0 Å². The molecule has 1 aromatic heterocycles. The summed E-state index contributed by atoms with van der Waals surface area (Å²) in [6.07, 6.45) is 3.48. The quantitative estimate of drug-likeness (QED) is 0.792. The van der Waals surface area contributed by atoms with Crippen LogP contribution in [0.4, 0.5) is 5.82 Å². The monoisotopic (exact) mass is 318 g/mol. The molecule has 1 saturated heterocycles. The molecule has 1 fully saturated rings. The number of aromatic nitrogens is 2. The van der Waals surface area contributed by atoms with Crippen molar-refractivity contribution in [2.75, 3.05) is 24.5 Å². The first kappa shape index (κ1) is 11.1. The molecule has 0 aliphatic carbocycles. The Kier molecular flexibility index (Phi) is 3.11. The lowest BCUT2D eigenvalue weighted by molar-refractivity contribution is 0.377. The third-order valence-corrected chi connectivity index (χ3v) is 3.47. The Balaban J connectivity index is 2.33. The molecule has 4 nitrogen and oxygen atoms in total. The van der Waals surface area contributed by atoms with Crippen molar-refractivity contribution in [3.63, 3.8) is 0 Å². The summed E-state index contributed by atoms with van der Waals surface area (Å²) in [4.78, 5) is 10.8. The van der Waals surface area contributed by atoms with Crippen LogP contribution < -0.4 is 10.2 Å². The predicted molar refractivity (Wildman–Crippen MR) is 69.0 cm³/mol. The molecule has 1 aromatic rings. The average Bonchev–Trinajstić information content (AvgIpc) is 2.19. The van der Waals surface area contributed by atoms with Gasteiger partial charge >= 0.3 is 0 Å². The van der Waals surface area contributed by atoms with Gasteiger partial charge in [0.1, 0.15) is 12.1 Å². The summed E-state index contributed by atoms with van der Waals surface area (Å²) >= 11 is 2.29. The van der Waals surface area contributed by atoms with Gasteiger partial charge in [-0.3, -0.25) is 0 Å². The highest BCUT2D eigenvalue weighted by Crippen LogP contribution is 2.26. The van der Waals surface area contributed by atoms with Crippen molar-refractivity contribution in [1.29, 1.82) is 0 Å². The van der Waals surface area contributed by atoms with Crippen LogP contribution in [0.5, 0.6) is 0 Å². The molecule has 0 bridgehead atoms. The Bertz CT molecular complexity index is 353. The molecule has 0 unspecified atom stereocenters. The maximum absolute atomic E-state index is 4.38. The van der Waals surface area contributed by atoms with Crippen LogP contribution in [0.2, 0.25) is 0 Å². The van der Waals surface area contributed by atoms with Gasteiger partial charge in [-0.25, -0.2) is 9.97 Å². The molecule has 0 saturated carbocycles. The fourth-order valence-electron chi connectivity index (χ4n) is 1.88. The minimum atomic E-state index is 0.118. The molecule has 0 atom stereocenters. The van der Waals surface area contributed by atoms with Crippen LogP contribution in [0, 0.1) is 3.57 Å². The zero-order valence-corrected chi connectivity index (χ0v) is 11.2. The zero-order chi connectivity index (χ0) is 10.9. The van der Waals surface area contributed by atoms with Gasteiger partial charge in [0.05, 0.1) is 3.57 Å². The molecule has 1 aliphatic rings. The molecule has 1 N–H and O–H groups in total. The Morgan fingerprint density at radius 1 is 1.53 bits per heavy atom. The first-order chi connectivity index (χ1) is 7.11. The summed E-state index contributed by atoms with van der Waals surface area (Å²) in [5.74, 6) is 1.05. The van der Waals surface area contributed by atoms with Gasteiger partial charge in [-0.2, -0.15) is 0 Å². The standard InChI is InChI=1S/C10H15IN4/c1-10(2)6-12-3-4-15(10)9-8(11)5-13-7-14-9/h5,7,12H,3-4,6H2,1-2H3. The van der Waals surface area contributed by atoms with Crippen molar-refractivity contribution in [3.05, 3.63) is 16.1 Å². The van der Waals surface area contributed by atoms with E-state index in [4.69, 9.17) is 0 Å². The smallest absolute Gasteiger partial charge is 0.145 e. The highest BCUT2D eigenvalue weighted by molar-refractivity contribution is 14.1. The molecular formula is C10H15IN4. The minimum Gasteiger partial charge on any atom is -0.348 e. The van der Waals surface area contributed by atoms with Crippen LogP contribution in [0.3, 0.4) is 0 Å². The molecule has 2 rings (SSSR count). The number of nitrogens with zero attached hydrogens (tertiary/aromatic N) is 3. The van der Waals surface area contributed by atoms with E-state index >= 15 is 0 Å². The van der Waals surface area contributed by atoms with Crippen LogP contribution in [0.1, 0.15) is 13.8 Å². The lowest BCUT2D eigenvalue weighted by Gasteiger charge is -2.43. The van der Waals surface area contributed by atoms with Gasteiger partial charge < -0.3 is 10.2 Å². The van der Waals surface area contributed by atoms with Gasteiger partial charge in [-0.15, -0.1) is 0 Å². The van der Waals surface area contributed by atoms with E-state index in [1.165, 1.54) is 0 Å². The zero-order valence-electron chi connectivity index (χ0n) is 9.00. The minimum absolute atomic E-state index is 0.118. The lowest BCUT2D eigenvalue weighted by atomic mass is 10.0. The number of rotatable bonds is 1. The summed E-state index contributed by atoms with van der Waals surface area (Å²) in [6, 6.07) is 0. The topological polar surface area (TPSA) is 41.0 Å². The number of hydrogen-bond acceptors (Lipinski definition) is 4. The molecule has 82 valence electrons. The van der Waals surface area contributed by atoms with Crippen molar-refractivity contribution in [3.8, 4) is 0 Å². The Morgan fingerprint density at radius 3 is 3.00 bits per heavy atom. The third kappa shape index (κ3) is 2.23. The molecule has 1 aliphatic heterocycles. The number of anilines is 1. The van der Waals surface area contributed by atoms with Crippen molar-refractivity contribution in [2.45, 2.75) is 19.4 Å².